The molecule has 0 spiro atoms. The predicted molar refractivity (Wildman–Crippen MR) is 92.6 cm³/mol. The van der Waals surface area contributed by atoms with Crippen molar-refractivity contribution in [3.05, 3.63) is 107 Å². The van der Waals surface area contributed by atoms with E-state index in [9.17, 15) is 13.2 Å². The van der Waals surface area contributed by atoms with E-state index in [2.05, 4.69) is 0 Å². The monoisotopic (exact) mass is 344 g/mol. The fourth-order valence-electron chi connectivity index (χ4n) is 2.94. The van der Waals surface area contributed by atoms with Crippen LogP contribution in [0.25, 0.3) is 0 Å². The van der Waals surface area contributed by atoms with E-state index in [0.717, 1.165) is 11.1 Å². The molecule has 0 saturated heterocycles. The van der Waals surface area contributed by atoms with Gasteiger partial charge in [-0.1, -0.05) is 42.5 Å². The number of benzene rings is 3. The summed E-state index contributed by atoms with van der Waals surface area (Å²) in [5.74, 6) is -1.08. The molecule has 0 bridgehead atoms. The van der Waals surface area contributed by atoms with Crippen LogP contribution in [0.3, 0.4) is 0 Å². The number of halogens is 3. The van der Waals surface area contributed by atoms with Crippen molar-refractivity contribution in [1.82, 2.24) is 0 Å². The molecule has 0 aromatic heterocycles. The van der Waals surface area contributed by atoms with Gasteiger partial charge in [0.15, 0.2) is 0 Å². The fourth-order valence-corrected chi connectivity index (χ4v) is 4.07. The highest BCUT2D eigenvalue weighted by Crippen LogP contribution is 2.48. The van der Waals surface area contributed by atoms with Gasteiger partial charge in [0, 0.05) is 5.56 Å². The average Bonchev–Trinajstić information content (AvgIpc) is 2.60. The molecule has 0 fully saturated rings. The maximum absolute atomic E-state index is 14.6. The molecule has 0 saturated carbocycles. The number of rotatable bonds is 4. The van der Waals surface area contributed by atoms with Crippen molar-refractivity contribution in [1.29, 1.82) is 0 Å². The van der Waals surface area contributed by atoms with Crippen LogP contribution in [0.4, 0.5) is 13.2 Å². The van der Waals surface area contributed by atoms with Gasteiger partial charge in [-0.05, 0) is 47.7 Å². The van der Waals surface area contributed by atoms with Gasteiger partial charge in [-0.2, -0.15) is 0 Å². The van der Waals surface area contributed by atoms with Gasteiger partial charge in [0.25, 0.3) is 0 Å². The third kappa shape index (κ3) is 2.82. The second kappa shape index (κ2) is 6.73. The molecule has 3 rings (SSSR count). The van der Waals surface area contributed by atoms with Gasteiger partial charge in [0.1, 0.15) is 17.5 Å². The van der Waals surface area contributed by atoms with E-state index in [4.69, 9.17) is 0 Å². The number of hydrogen-bond donors (Lipinski definition) is 0. The maximum atomic E-state index is 14.6. The summed E-state index contributed by atoms with van der Waals surface area (Å²) in [6.45, 7) is 0. The lowest BCUT2D eigenvalue weighted by Gasteiger charge is -2.34. The molecule has 0 N–H and O–H groups in total. The van der Waals surface area contributed by atoms with Crippen molar-refractivity contribution >= 4 is 11.8 Å². The zero-order valence-corrected chi connectivity index (χ0v) is 13.8. The van der Waals surface area contributed by atoms with Crippen molar-refractivity contribution in [2.24, 2.45) is 0 Å². The van der Waals surface area contributed by atoms with Crippen LogP contribution in [0.2, 0.25) is 0 Å². The summed E-state index contributed by atoms with van der Waals surface area (Å²) in [4.78, 5) is 0. The Labute approximate surface area is 143 Å². The lowest BCUT2D eigenvalue weighted by atomic mass is 9.83. The lowest BCUT2D eigenvalue weighted by molar-refractivity contribution is 0.598. The van der Waals surface area contributed by atoms with Crippen LogP contribution >= 0.6 is 11.8 Å². The SMILES string of the molecule is CSC(c1ccc(F)cc1)(c1ccc(F)cc1)c1ccccc1F. The minimum Gasteiger partial charge on any atom is -0.207 e. The highest BCUT2D eigenvalue weighted by Gasteiger charge is 2.37. The van der Waals surface area contributed by atoms with Gasteiger partial charge in [0.2, 0.25) is 0 Å². The van der Waals surface area contributed by atoms with E-state index in [1.54, 1.807) is 42.5 Å². The molecular weight excluding hydrogens is 329 g/mol. The Kier molecular flexibility index (Phi) is 4.67. The quantitative estimate of drug-likeness (QED) is 0.542. The van der Waals surface area contributed by atoms with Crippen LogP contribution in [0.5, 0.6) is 0 Å². The summed E-state index contributed by atoms with van der Waals surface area (Å²) in [6, 6.07) is 18.5. The fraction of sp³-hybridized carbons (Fsp3) is 0.100. The minimum absolute atomic E-state index is 0.360. The van der Waals surface area contributed by atoms with E-state index in [0.29, 0.717) is 5.56 Å². The third-order valence-electron chi connectivity index (χ3n) is 4.06. The topological polar surface area (TPSA) is 0 Å². The van der Waals surface area contributed by atoms with Crippen molar-refractivity contribution in [3.8, 4) is 0 Å². The number of hydrogen-bond acceptors (Lipinski definition) is 1. The molecule has 0 amide bonds. The Bertz CT molecular complexity index is 781. The summed E-state index contributed by atoms with van der Waals surface area (Å²) in [5.41, 5.74) is 1.91. The highest BCUT2D eigenvalue weighted by atomic mass is 32.2. The van der Waals surface area contributed by atoms with Crippen LogP contribution in [-0.4, -0.2) is 6.26 Å². The second-order valence-corrected chi connectivity index (χ2v) is 6.40. The third-order valence-corrected chi connectivity index (χ3v) is 5.36. The Morgan fingerprint density at radius 2 is 1.12 bits per heavy atom. The molecule has 24 heavy (non-hydrogen) atoms. The molecule has 0 radical (unpaired) electrons. The molecule has 0 aliphatic heterocycles. The smallest absolute Gasteiger partial charge is 0.128 e. The molecule has 122 valence electrons. The van der Waals surface area contributed by atoms with Crippen LogP contribution in [0.15, 0.2) is 72.8 Å². The maximum Gasteiger partial charge on any atom is 0.128 e. The Balaban J connectivity index is 2.32. The van der Waals surface area contributed by atoms with Gasteiger partial charge >= 0.3 is 0 Å². The van der Waals surface area contributed by atoms with Gasteiger partial charge in [-0.25, -0.2) is 13.2 Å². The summed E-state index contributed by atoms with van der Waals surface area (Å²) in [6.07, 6.45) is 1.86. The van der Waals surface area contributed by atoms with Crippen molar-refractivity contribution in [3.63, 3.8) is 0 Å². The molecule has 3 aromatic rings. The van der Waals surface area contributed by atoms with Gasteiger partial charge in [-0.3, -0.25) is 0 Å². The normalized spacial score (nSPS) is 11.5. The predicted octanol–water partition coefficient (Wildman–Crippen LogP) is 5.76. The molecule has 0 aliphatic carbocycles. The van der Waals surface area contributed by atoms with Crippen LogP contribution in [-0.2, 0) is 4.75 Å². The van der Waals surface area contributed by atoms with Gasteiger partial charge in [0.05, 0.1) is 4.75 Å². The zero-order chi connectivity index (χ0) is 17.2. The molecule has 0 atom stereocenters. The number of thioether (sulfide) groups is 1. The largest absolute Gasteiger partial charge is 0.207 e. The summed E-state index contributed by atoms with van der Waals surface area (Å²) >= 11 is 1.42. The Morgan fingerprint density at radius 3 is 1.54 bits per heavy atom. The first-order valence-corrected chi connectivity index (χ1v) is 8.62. The van der Waals surface area contributed by atoms with Crippen molar-refractivity contribution < 1.29 is 13.2 Å². The molecule has 0 aliphatic rings. The van der Waals surface area contributed by atoms with E-state index in [1.807, 2.05) is 6.26 Å². The summed E-state index contributed by atoms with van der Waals surface area (Å²) < 4.78 is 40.5. The van der Waals surface area contributed by atoms with Crippen LogP contribution in [0, 0.1) is 17.5 Å². The first-order valence-electron chi connectivity index (χ1n) is 7.40. The first kappa shape index (κ1) is 16.7. The Hall–Kier alpha value is -2.20. The molecule has 4 heteroatoms. The first-order chi connectivity index (χ1) is 11.6. The Morgan fingerprint density at radius 1 is 0.667 bits per heavy atom. The molecule has 0 heterocycles. The van der Waals surface area contributed by atoms with Gasteiger partial charge < -0.3 is 0 Å². The summed E-state index contributed by atoms with van der Waals surface area (Å²) in [7, 11) is 0. The van der Waals surface area contributed by atoms with Gasteiger partial charge in [-0.15, -0.1) is 11.8 Å². The van der Waals surface area contributed by atoms with Crippen LogP contribution in [0.1, 0.15) is 16.7 Å². The molecule has 0 unspecified atom stereocenters. The van der Waals surface area contributed by atoms with E-state index in [-0.39, 0.29) is 17.5 Å². The van der Waals surface area contributed by atoms with Crippen LogP contribution < -0.4 is 0 Å². The highest BCUT2D eigenvalue weighted by molar-refractivity contribution is 8.00. The van der Waals surface area contributed by atoms with E-state index < -0.39 is 4.75 Å². The second-order valence-electron chi connectivity index (χ2n) is 5.38. The standard InChI is InChI=1S/C20H15F3S/c1-24-20(14-6-10-16(21)11-7-14,15-8-12-17(22)13-9-15)18-4-2-3-5-19(18)23/h2-13H,1H3. The van der Waals surface area contributed by atoms with E-state index >= 15 is 0 Å². The molecule has 3 aromatic carbocycles. The average molecular weight is 344 g/mol. The zero-order valence-electron chi connectivity index (χ0n) is 13.0. The molecule has 0 nitrogen and oxygen atoms in total. The van der Waals surface area contributed by atoms with E-state index in [1.165, 1.54) is 42.1 Å². The summed E-state index contributed by atoms with van der Waals surface area (Å²) in [5, 5.41) is 0. The molecular formula is C20H15F3S. The van der Waals surface area contributed by atoms with Crippen molar-refractivity contribution in [2.45, 2.75) is 4.75 Å². The lowest BCUT2D eigenvalue weighted by Crippen LogP contribution is -2.26. The van der Waals surface area contributed by atoms with Crippen molar-refractivity contribution in [2.75, 3.05) is 6.26 Å². The minimum atomic E-state index is -0.896.